The number of nitriles is 1. The Morgan fingerprint density at radius 2 is 1.88 bits per heavy atom. The second kappa shape index (κ2) is 9.65. The van der Waals surface area contributed by atoms with Crippen LogP contribution < -0.4 is 10.0 Å². The molecule has 0 spiro atoms. The average molecular weight is 495 g/mol. The molecular weight excluding hydrogens is 479 g/mol. The standard InChI is InChI=1S/C22H15FN6O3S2/c23-17-3-1-14(2-4-17)20-16(13-26-28-20)11-15(12-24)21(30)27-18-5-7-19(8-6-18)34(31,32)29-22-25-9-10-33-22/h1-11,13H,(H,25,29)(H,26,28)(H,27,30). The lowest BCUT2D eigenvalue weighted by atomic mass is 10.1. The van der Waals surface area contributed by atoms with Gasteiger partial charge in [-0.2, -0.15) is 10.4 Å². The number of carbonyl (C=O) groups is 1. The van der Waals surface area contributed by atoms with E-state index >= 15 is 0 Å². The minimum Gasteiger partial charge on any atom is -0.321 e. The second-order valence-corrected chi connectivity index (χ2v) is 9.38. The van der Waals surface area contributed by atoms with Gasteiger partial charge in [0.15, 0.2) is 5.13 Å². The zero-order valence-corrected chi connectivity index (χ0v) is 18.8. The Balaban J connectivity index is 1.50. The van der Waals surface area contributed by atoms with Crippen molar-refractivity contribution in [2.45, 2.75) is 4.90 Å². The first-order valence-corrected chi connectivity index (χ1v) is 12.0. The summed E-state index contributed by atoms with van der Waals surface area (Å²) in [5.74, 6) is -1.08. The highest BCUT2D eigenvalue weighted by Gasteiger charge is 2.17. The van der Waals surface area contributed by atoms with Gasteiger partial charge in [0.05, 0.1) is 16.8 Å². The molecule has 2 heterocycles. The maximum atomic E-state index is 13.2. The SMILES string of the molecule is N#CC(=Cc1cn[nH]c1-c1ccc(F)cc1)C(=O)Nc1ccc(S(=O)(=O)Nc2nccs2)cc1. The minimum atomic E-state index is -3.83. The summed E-state index contributed by atoms with van der Waals surface area (Å²) in [4.78, 5) is 16.5. The van der Waals surface area contributed by atoms with Gasteiger partial charge in [0.25, 0.3) is 15.9 Å². The molecule has 0 atom stereocenters. The van der Waals surface area contributed by atoms with Crippen LogP contribution in [0.4, 0.5) is 15.2 Å². The van der Waals surface area contributed by atoms with Crippen LogP contribution in [0.5, 0.6) is 0 Å². The monoisotopic (exact) mass is 494 g/mol. The van der Waals surface area contributed by atoms with Gasteiger partial charge in [-0.1, -0.05) is 0 Å². The van der Waals surface area contributed by atoms with Crippen molar-refractivity contribution >= 4 is 44.2 Å². The summed E-state index contributed by atoms with van der Waals surface area (Å²) < 4.78 is 40.4. The summed E-state index contributed by atoms with van der Waals surface area (Å²) in [6, 6.07) is 13.0. The number of carbonyl (C=O) groups excluding carboxylic acids is 1. The summed E-state index contributed by atoms with van der Waals surface area (Å²) in [6.45, 7) is 0. The summed E-state index contributed by atoms with van der Waals surface area (Å²) in [7, 11) is -3.83. The molecule has 0 saturated heterocycles. The van der Waals surface area contributed by atoms with Gasteiger partial charge in [-0.05, 0) is 54.6 Å². The molecular formula is C22H15FN6O3S2. The minimum absolute atomic E-state index is 0.0147. The molecule has 1 amide bonds. The second-order valence-electron chi connectivity index (χ2n) is 6.80. The number of benzene rings is 2. The van der Waals surface area contributed by atoms with Gasteiger partial charge >= 0.3 is 0 Å². The van der Waals surface area contributed by atoms with Crippen molar-refractivity contribution in [1.82, 2.24) is 15.2 Å². The Morgan fingerprint density at radius 1 is 1.15 bits per heavy atom. The van der Waals surface area contributed by atoms with Crippen LogP contribution in [0.1, 0.15) is 5.56 Å². The summed E-state index contributed by atoms with van der Waals surface area (Å²) in [5.41, 5.74) is 1.71. The predicted octanol–water partition coefficient (Wildman–Crippen LogP) is 4.02. The molecule has 0 aliphatic carbocycles. The fourth-order valence-corrected chi connectivity index (χ4v) is 4.71. The number of rotatable bonds is 7. The molecule has 0 fully saturated rings. The number of hydrogen-bond acceptors (Lipinski definition) is 7. The molecule has 4 aromatic rings. The number of nitrogens with zero attached hydrogens (tertiary/aromatic N) is 3. The van der Waals surface area contributed by atoms with Crippen molar-refractivity contribution in [3.05, 3.63) is 83.3 Å². The van der Waals surface area contributed by atoms with E-state index in [0.29, 0.717) is 22.5 Å². The average Bonchev–Trinajstić information content (AvgIpc) is 3.50. The van der Waals surface area contributed by atoms with Gasteiger partial charge in [-0.3, -0.25) is 14.6 Å². The van der Waals surface area contributed by atoms with E-state index in [4.69, 9.17) is 0 Å². The number of amides is 1. The fraction of sp³-hybridized carbons (Fsp3) is 0. The highest BCUT2D eigenvalue weighted by Crippen LogP contribution is 2.24. The van der Waals surface area contributed by atoms with Crippen LogP contribution >= 0.6 is 11.3 Å². The molecule has 4 rings (SSSR count). The van der Waals surface area contributed by atoms with Gasteiger partial charge in [0, 0.05) is 28.4 Å². The predicted molar refractivity (Wildman–Crippen MR) is 126 cm³/mol. The summed E-state index contributed by atoms with van der Waals surface area (Å²) in [6.07, 6.45) is 4.28. The highest BCUT2D eigenvalue weighted by molar-refractivity contribution is 7.93. The molecule has 170 valence electrons. The van der Waals surface area contributed by atoms with Crippen LogP contribution in [0.25, 0.3) is 17.3 Å². The lowest BCUT2D eigenvalue weighted by Gasteiger charge is -2.08. The van der Waals surface area contributed by atoms with Crippen LogP contribution in [-0.2, 0) is 14.8 Å². The van der Waals surface area contributed by atoms with Crippen molar-refractivity contribution < 1.29 is 17.6 Å². The maximum absolute atomic E-state index is 13.2. The number of hydrogen-bond donors (Lipinski definition) is 3. The number of halogens is 1. The molecule has 0 aliphatic rings. The lowest BCUT2D eigenvalue weighted by Crippen LogP contribution is -2.15. The van der Waals surface area contributed by atoms with Gasteiger partial charge < -0.3 is 5.32 Å². The number of H-pyrrole nitrogens is 1. The number of aromatic nitrogens is 3. The molecule has 9 nitrogen and oxygen atoms in total. The van der Waals surface area contributed by atoms with E-state index in [1.54, 1.807) is 17.5 Å². The van der Waals surface area contributed by atoms with Crippen LogP contribution in [0, 0.1) is 17.1 Å². The highest BCUT2D eigenvalue weighted by atomic mass is 32.2. The fourth-order valence-electron chi connectivity index (χ4n) is 2.92. The molecule has 0 radical (unpaired) electrons. The Kier molecular flexibility index (Phi) is 6.48. The Hall–Kier alpha value is -4.34. The van der Waals surface area contributed by atoms with E-state index in [2.05, 4.69) is 25.2 Å². The van der Waals surface area contributed by atoms with Crippen molar-refractivity contribution in [3.8, 4) is 17.3 Å². The first-order valence-electron chi connectivity index (χ1n) is 9.60. The van der Waals surface area contributed by atoms with Gasteiger partial charge in [-0.25, -0.2) is 17.8 Å². The third-order valence-electron chi connectivity index (χ3n) is 4.54. The molecule has 2 aromatic carbocycles. The van der Waals surface area contributed by atoms with E-state index in [1.807, 2.05) is 6.07 Å². The Labute approximate surface area is 197 Å². The summed E-state index contributed by atoms with van der Waals surface area (Å²) >= 11 is 1.14. The molecule has 34 heavy (non-hydrogen) atoms. The van der Waals surface area contributed by atoms with Crippen LogP contribution in [0.3, 0.4) is 0 Å². The lowest BCUT2D eigenvalue weighted by molar-refractivity contribution is -0.112. The van der Waals surface area contributed by atoms with Crippen molar-refractivity contribution in [2.24, 2.45) is 0 Å². The number of anilines is 2. The van der Waals surface area contributed by atoms with Crippen molar-refractivity contribution in [3.63, 3.8) is 0 Å². The first kappa shape index (κ1) is 22.8. The zero-order valence-electron chi connectivity index (χ0n) is 17.2. The van der Waals surface area contributed by atoms with Crippen LogP contribution in [0.2, 0.25) is 0 Å². The van der Waals surface area contributed by atoms with Crippen LogP contribution in [-0.4, -0.2) is 29.5 Å². The third-order valence-corrected chi connectivity index (χ3v) is 6.72. The molecule has 3 N–H and O–H groups in total. The van der Waals surface area contributed by atoms with E-state index in [0.717, 1.165) is 11.3 Å². The van der Waals surface area contributed by atoms with E-state index in [1.165, 1.54) is 54.9 Å². The number of aromatic amines is 1. The molecule has 0 unspecified atom stereocenters. The smallest absolute Gasteiger partial charge is 0.266 e. The molecule has 12 heteroatoms. The van der Waals surface area contributed by atoms with Gasteiger partial charge in [0.2, 0.25) is 0 Å². The first-order chi connectivity index (χ1) is 16.4. The molecule has 0 saturated carbocycles. The maximum Gasteiger partial charge on any atom is 0.266 e. The summed E-state index contributed by atoms with van der Waals surface area (Å²) in [5, 5.41) is 20.6. The van der Waals surface area contributed by atoms with Crippen molar-refractivity contribution in [2.75, 3.05) is 10.0 Å². The largest absolute Gasteiger partial charge is 0.321 e. The zero-order chi connectivity index (χ0) is 24.1. The van der Waals surface area contributed by atoms with E-state index in [-0.39, 0.29) is 15.6 Å². The van der Waals surface area contributed by atoms with Crippen LogP contribution in [0.15, 0.2) is 76.8 Å². The van der Waals surface area contributed by atoms with Crippen molar-refractivity contribution in [1.29, 1.82) is 5.26 Å². The Morgan fingerprint density at radius 3 is 2.53 bits per heavy atom. The Bertz CT molecular complexity index is 1490. The molecule has 2 aromatic heterocycles. The molecule has 0 aliphatic heterocycles. The van der Waals surface area contributed by atoms with Gasteiger partial charge in [-0.15, -0.1) is 11.3 Å². The van der Waals surface area contributed by atoms with E-state index < -0.39 is 21.7 Å². The number of sulfonamides is 1. The topological polar surface area (TPSA) is 141 Å². The third kappa shape index (κ3) is 5.17. The number of thiazole rings is 1. The van der Waals surface area contributed by atoms with Gasteiger partial charge in [0.1, 0.15) is 17.5 Å². The molecule has 0 bridgehead atoms. The normalized spacial score (nSPS) is 11.6. The van der Waals surface area contributed by atoms with E-state index in [9.17, 15) is 22.9 Å². The number of nitrogens with one attached hydrogen (secondary N) is 3. The quantitative estimate of drug-likeness (QED) is 0.262.